The van der Waals surface area contributed by atoms with Crippen molar-refractivity contribution in [3.05, 3.63) is 70.2 Å². The van der Waals surface area contributed by atoms with E-state index in [1.165, 1.54) is 10.3 Å². The molecule has 0 atom stereocenters. The van der Waals surface area contributed by atoms with E-state index < -0.39 is 6.03 Å². The summed E-state index contributed by atoms with van der Waals surface area (Å²) < 4.78 is 3.31. The number of para-hydroxylation sites is 1. The van der Waals surface area contributed by atoms with E-state index >= 15 is 0 Å². The molecule has 4 aromatic rings. The highest BCUT2D eigenvalue weighted by molar-refractivity contribution is 7.17. The number of hydrogen-bond donors (Lipinski definition) is 3. The van der Waals surface area contributed by atoms with Gasteiger partial charge < -0.3 is 10.3 Å². The second kappa shape index (κ2) is 7.53. The number of fused-ring (bicyclic) bond motifs is 2. The number of carbonyl (C=O) groups is 2. The van der Waals surface area contributed by atoms with Crippen LogP contribution < -0.4 is 16.6 Å². The highest BCUT2D eigenvalue weighted by Gasteiger charge is 2.14. The van der Waals surface area contributed by atoms with Gasteiger partial charge in [-0.3, -0.25) is 10.2 Å². The molecule has 4 N–H and O–H groups in total. The van der Waals surface area contributed by atoms with Gasteiger partial charge in [0.15, 0.2) is 0 Å². The lowest BCUT2D eigenvalue weighted by molar-refractivity contribution is -0.121. The van der Waals surface area contributed by atoms with Crippen LogP contribution in [0.15, 0.2) is 54.0 Å². The number of primary amides is 1. The van der Waals surface area contributed by atoms with Gasteiger partial charge in [-0.25, -0.2) is 10.2 Å². The van der Waals surface area contributed by atoms with Gasteiger partial charge in [0, 0.05) is 33.4 Å². The number of carbonyl (C=O) groups excluding carboxylic acids is 2. The van der Waals surface area contributed by atoms with Crippen LogP contribution in [0.2, 0.25) is 5.02 Å². The van der Waals surface area contributed by atoms with Gasteiger partial charge >= 0.3 is 6.03 Å². The zero-order valence-electron chi connectivity index (χ0n) is 14.7. The molecule has 2 heterocycles. The van der Waals surface area contributed by atoms with Crippen molar-refractivity contribution in [1.82, 2.24) is 15.4 Å². The normalized spacial score (nSPS) is 11.0. The summed E-state index contributed by atoms with van der Waals surface area (Å²) in [7, 11) is 0. The molecule has 6 nitrogen and oxygen atoms in total. The van der Waals surface area contributed by atoms with Crippen LogP contribution in [0.5, 0.6) is 0 Å². The predicted octanol–water partition coefficient (Wildman–Crippen LogP) is 3.80. The molecule has 0 radical (unpaired) electrons. The third-order valence-corrected chi connectivity index (χ3v) is 5.75. The number of halogens is 1. The summed E-state index contributed by atoms with van der Waals surface area (Å²) in [4.78, 5) is 22.9. The molecule has 0 aliphatic carbocycles. The Kier molecular flexibility index (Phi) is 4.93. The summed E-state index contributed by atoms with van der Waals surface area (Å²) in [6, 6.07) is 13.0. The third kappa shape index (κ3) is 3.67. The molecule has 8 heteroatoms. The number of urea groups is 1. The van der Waals surface area contributed by atoms with Crippen LogP contribution >= 0.6 is 22.9 Å². The maximum Gasteiger partial charge on any atom is 0.330 e. The molecule has 0 saturated heterocycles. The average Bonchev–Trinajstić information content (AvgIpc) is 3.22. The first-order valence-corrected chi connectivity index (χ1v) is 9.83. The van der Waals surface area contributed by atoms with Crippen molar-refractivity contribution < 1.29 is 9.59 Å². The van der Waals surface area contributed by atoms with E-state index in [0.717, 1.165) is 21.9 Å². The Balaban J connectivity index is 1.66. The summed E-state index contributed by atoms with van der Waals surface area (Å²) in [6.07, 6.45) is 2.10. The zero-order valence-corrected chi connectivity index (χ0v) is 16.3. The maximum absolute atomic E-state index is 12.1. The van der Waals surface area contributed by atoms with Crippen molar-refractivity contribution in [1.29, 1.82) is 0 Å². The average molecular weight is 413 g/mol. The summed E-state index contributed by atoms with van der Waals surface area (Å²) in [5, 5.41) is 4.98. The Morgan fingerprint density at radius 3 is 2.71 bits per heavy atom. The van der Waals surface area contributed by atoms with Gasteiger partial charge in [-0.05, 0) is 46.2 Å². The molecule has 142 valence electrons. The summed E-state index contributed by atoms with van der Waals surface area (Å²) >= 11 is 7.86. The standard InChI is InChI=1S/C20H17ClN4O2S/c21-14-5-6-18-16(8-14)13(11-28-18)10-25-9-12(7-19(26)23-24-20(22)27)15-3-1-2-4-17(15)25/h1-6,8-9,11H,7,10H2,(H,23,26)(H3,22,24,27). The number of aromatic nitrogens is 1. The van der Waals surface area contributed by atoms with Crippen molar-refractivity contribution in [2.45, 2.75) is 13.0 Å². The highest BCUT2D eigenvalue weighted by Crippen LogP contribution is 2.31. The van der Waals surface area contributed by atoms with E-state index in [1.54, 1.807) is 11.3 Å². The van der Waals surface area contributed by atoms with E-state index in [9.17, 15) is 9.59 Å². The van der Waals surface area contributed by atoms with Crippen LogP contribution in [0.4, 0.5) is 4.79 Å². The number of rotatable bonds is 4. The molecular formula is C20H17ClN4O2S. The number of benzene rings is 2. The summed E-state index contributed by atoms with van der Waals surface area (Å²) in [5.74, 6) is -0.338. The van der Waals surface area contributed by atoms with Crippen molar-refractivity contribution in [3.8, 4) is 0 Å². The van der Waals surface area contributed by atoms with Gasteiger partial charge in [0.1, 0.15) is 0 Å². The van der Waals surface area contributed by atoms with E-state index in [0.29, 0.717) is 11.6 Å². The van der Waals surface area contributed by atoms with Crippen molar-refractivity contribution >= 4 is 55.9 Å². The number of nitrogens with zero attached hydrogens (tertiary/aromatic N) is 1. The van der Waals surface area contributed by atoms with Crippen LogP contribution in [0.1, 0.15) is 11.1 Å². The van der Waals surface area contributed by atoms with E-state index in [4.69, 9.17) is 17.3 Å². The second-order valence-corrected chi connectivity index (χ2v) is 7.76. The lowest BCUT2D eigenvalue weighted by Gasteiger charge is -2.05. The lowest BCUT2D eigenvalue weighted by Crippen LogP contribution is -2.45. The van der Waals surface area contributed by atoms with Gasteiger partial charge in [-0.2, -0.15) is 0 Å². The number of nitrogens with one attached hydrogen (secondary N) is 2. The molecule has 0 aliphatic heterocycles. The Morgan fingerprint density at radius 1 is 1.07 bits per heavy atom. The summed E-state index contributed by atoms with van der Waals surface area (Å²) in [6.45, 7) is 0.669. The van der Waals surface area contributed by atoms with E-state index in [1.807, 2.05) is 48.7 Å². The molecule has 2 aromatic heterocycles. The number of hydrogen-bond acceptors (Lipinski definition) is 3. The van der Waals surface area contributed by atoms with E-state index in [-0.39, 0.29) is 12.3 Å². The molecule has 0 bridgehead atoms. The fourth-order valence-electron chi connectivity index (χ4n) is 3.30. The first-order valence-electron chi connectivity index (χ1n) is 8.58. The van der Waals surface area contributed by atoms with Crippen molar-refractivity contribution in [2.75, 3.05) is 0 Å². The molecule has 0 aliphatic rings. The quantitative estimate of drug-likeness (QED) is 0.445. The molecule has 2 aromatic carbocycles. The topological polar surface area (TPSA) is 89.2 Å². The fourth-order valence-corrected chi connectivity index (χ4v) is 4.41. The number of amides is 3. The summed E-state index contributed by atoms with van der Waals surface area (Å²) in [5.41, 5.74) is 12.5. The Hall–Kier alpha value is -3.03. The largest absolute Gasteiger partial charge is 0.350 e. The lowest BCUT2D eigenvalue weighted by atomic mass is 10.1. The Morgan fingerprint density at radius 2 is 1.89 bits per heavy atom. The Labute approximate surface area is 169 Å². The zero-order chi connectivity index (χ0) is 19.7. The first-order chi connectivity index (χ1) is 13.5. The smallest absolute Gasteiger partial charge is 0.330 e. The number of thiophene rings is 1. The van der Waals surface area contributed by atoms with E-state index in [2.05, 4.69) is 20.8 Å². The van der Waals surface area contributed by atoms with Gasteiger partial charge in [0.05, 0.1) is 6.42 Å². The molecule has 3 amide bonds. The molecule has 0 saturated carbocycles. The molecule has 0 unspecified atom stereocenters. The molecule has 0 spiro atoms. The van der Waals surface area contributed by atoms with Crippen LogP contribution in [-0.4, -0.2) is 16.5 Å². The molecule has 28 heavy (non-hydrogen) atoms. The molecule has 4 rings (SSSR count). The van der Waals surface area contributed by atoms with Crippen molar-refractivity contribution in [3.63, 3.8) is 0 Å². The third-order valence-electron chi connectivity index (χ3n) is 4.50. The van der Waals surface area contributed by atoms with Crippen LogP contribution in [0.25, 0.3) is 21.0 Å². The minimum absolute atomic E-state index is 0.129. The number of hydrazine groups is 1. The first kappa shape index (κ1) is 18.3. The highest BCUT2D eigenvalue weighted by atomic mass is 35.5. The monoisotopic (exact) mass is 412 g/mol. The van der Waals surface area contributed by atoms with Crippen molar-refractivity contribution in [2.24, 2.45) is 5.73 Å². The minimum atomic E-state index is -0.807. The predicted molar refractivity (Wildman–Crippen MR) is 112 cm³/mol. The maximum atomic E-state index is 12.1. The Bertz CT molecular complexity index is 1200. The van der Waals surface area contributed by atoms with Gasteiger partial charge in [-0.15, -0.1) is 11.3 Å². The molecular weight excluding hydrogens is 396 g/mol. The van der Waals surface area contributed by atoms with Crippen LogP contribution in [0, 0.1) is 0 Å². The van der Waals surface area contributed by atoms with Crippen LogP contribution in [0.3, 0.4) is 0 Å². The number of nitrogens with two attached hydrogens (primary N) is 1. The van der Waals surface area contributed by atoms with Crippen LogP contribution in [-0.2, 0) is 17.8 Å². The SMILES string of the molecule is NC(=O)NNC(=O)Cc1cn(Cc2csc3ccc(Cl)cc23)c2ccccc12. The minimum Gasteiger partial charge on any atom is -0.350 e. The van der Waals surface area contributed by atoms with Gasteiger partial charge in [0.25, 0.3) is 0 Å². The second-order valence-electron chi connectivity index (χ2n) is 6.42. The van der Waals surface area contributed by atoms with Gasteiger partial charge in [-0.1, -0.05) is 29.8 Å². The molecule has 0 fully saturated rings. The fraction of sp³-hybridized carbons (Fsp3) is 0.100. The van der Waals surface area contributed by atoms with Gasteiger partial charge in [0.2, 0.25) is 5.91 Å².